The molecule has 0 bridgehead atoms. The Morgan fingerprint density at radius 3 is 2.91 bits per heavy atom. The van der Waals surface area contributed by atoms with E-state index in [-0.39, 0.29) is 23.8 Å². The minimum absolute atomic E-state index is 0.0790. The molecule has 172 valence electrons. The van der Waals surface area contributed by atoms with Gasteiger partial charge in [0.15, 0.2) is 0 Å². The molecule has 3 heterocycles. The number of halogens is 1. The van der Waals surface area contributed by atoms with Gasteiger partial charge in [-0.2, -0.15) is 0 Å². The minimum Gasteiger partial charge on any atom is -0.390 e. The van der Waals surface area contributed by atoms with Gasteiger partial charge in [0.2, 0.25) is 5.91 Å². The summed E-state index contributed by atoms with van der Waals surface area (Å²) < 4.78 is 13.6. The molecule has 1 amide bonds. The predicted octanol–water partition coefficient (Wildman–Crippen LogP) is 2.77. The second-order valence-electron chi connectivity index (χ2n) is 9.69. The van der Waals surface area contributed by atoms with Crippen LogP contribution in [0.1, 0.15) is 44.1 Å². The number of anilines is 1. The van der Waals surface area contributed by atoms with Crippen molar-refractivity contribution in [2.24, 2.45) is 0 Å². The number of nitrogens with zero attached hydrogens (tertiary/aromatic N) is 3. The smallest absolute Gasteiger partial charge is 0.241 e. The molecule has 2 aliphatic heterocycles. The fourth-order valence-corrected chi connectivity index (χ4v) is 4.78. The third-order valence-corrected chi connectivity index (χ3v) is 6.46. The molecule has 0 unspecified atom stereocenters. The van der Waals surface area contributed by atoms with Crippen LogP contribution in [-0.4, -0.2) is 59.7 Å². The lowest BCUT2D eigenvalue weighted by Crippen LogP contribution is -2.52. The lowest BCUT2D eigenvalue weighted by atomic mass is 9.90. The second-order valence-corrected chi connectivity index (χ2v) is 9.69. The third kappa shape index (κ3) is 4.85. The topological polar surface area (TPSA) is 68.7 Å². The van der Waals surface area contributed by atoms with Crippen LogP contribution in [0.4, 0.5) is 10.1 Å². The number of piperazine rings is 1. The first-order valence-electron chi connectivity index (χ1n) is 11.4. The number of allylic oxidation sites excluding steroid dienone is 6. The average Bonchev–Trinajstić information content (AvgIpc) is 2.86. The molecule has 4 rings (SSSR count). The largest absolute Gasteiger partial charge is 0.390 e. The van der Waals surface area contributed by atoms with Crippen LogP contribution in [0.5, 0.6) is 0 Å². The molecule has 1 aromatic heterocycles. The summed E-state index contributed by atoms with van der Waals surface area (Å²) in [6.07, 6.45) is 7.82. The number of aliphatic hydroxyl groups is 1. The number of amides is 1. The van der Waals surface area contributed by atoms with E-state index >= 15 is 0 Å². The lowest BCUT2D eigenvalue weighted by molar-refractivity contribution is -0.120. The van der Waals surface area contributed by atoms with Crippen LogP contribution in [0.25, 0.3) is 0 Å². The minimum atomic E-state index is -0.293. The van der Waals surface area contributed by atoms with Crippen LogP contribution in [0.3, 0.4) is 0 Å². The summed E-state index contributed by atoms with van der Waals surface area (Å²) in [5.74, 6) is -0.165. The molecule has 6 nitrogen and oxygen atoms in total. The van der Waals surface area contributed by atoms with Crippen LogP contribution in [0.15, 0.2) is 41.8 Å². The van der Waals surface area contributed by atoms with Crippen LogP contribution in [0, 0.1) is 0 Å². The van der Waals surface area contributed by atoms with Crippen molar-refractivity contribution in [1.29, 1.82) is 0 Å². The number of aromatic nitrogens is 1. The van der Waals surface area contributed by atoms with Crippen LogP contribution >= 0.6 is 0 Å². The van der Waals surface area contributed by atoms with Gasteiger partial charge in [-0.25, -0.2) is 4.39 Å². The van der Waals surface area contributed by atoms with Gasteiger partial charge in [-0.3, -0.25) is 14.7 Å². The van der Waals surface area contributed by atoms with E-state index in [2.05, 4.69) is 31.0 Å². The van der Waals surface area contributed by atoms with Gasteiger partial charge in [0.05, 0.1) is 30.2 Å². The Morgan fingerprint density at radius 1 is 1.34 bits per heavy atom. The molecule has 0 aromatic carbocycles. The van der Waals surface area contributed by atoms with Crippen molar-refractivity contribution in [1.82, 2.24) is 15.2 Å². The molecule has 3 aliphatic rings. The van der Waals surface area contributed by atoms with Crippen molar-refractivity contribution in [3.05, 3.63) is 58.7 Å². The van der Waals surface area contributed by atoms with E-state index in [0.29, 0.717) is 37.7 Å². The number of hydrogen-bond donors (Lipinski definition) is 2. The van der Waals surface area contributed by atoms with Crippen molar-refractivity contribution in [2.75, 3.05) is 37.6 Å². The summed E-state index contributed by atoms with van der Waals surface area (Å²) in [7, 11) is 0. The SMILES string of the molecule is C[C@@H]1CN(CC(=O)N2CC(C)(C)c3nc(CO)c(CC4=CCC=C(F)C=C4)cc32)CCN1. The molecule has 1 saturated heterocycles. The second kappa shape index (κ2) is 9.25. The van der Waals surface area contributed by atoms with Gasteiger partial charge in [-0.05, 0) is 49.1 Å². The quantitative estimate of drug-likeness (QED) is 0.737. The molecule has 7 heteroatoms. The first-order valence-corrected chi connectivity index (χ1v) is 11.4. The number of rotatable bonds is 5. The summed E-state index contributed by atoms with van der Waals surface area (Å²) >= 11 is 0. The van der Waals surface area contributed by atoms with Gasteiger partial charge in [0, 0.05) is 37.6 Å². The van der Waals surface area contributed by atoms with E-state index in [0.717, 1.165) is 42.2 Å². The Balaban J connectivity index is 1.61. The molecule has 1 atom stereocenters. The van der Waals surface area contributed by atoms with E-state index in [1.165, 1.54) is 12.2 Å². The van der Waals surface area contributed by atoms with Crippen molar-refractivity contribution in [2.45, 2.75) is 51.7 Å². The fraction of sp³-hybridized carbons (Fsp3) is 0.520. The number of carbonyl (C=O) groups is 1. The predicted molar refractivity (Wildman–Crippen MR) is 124 cm³/mol. The number of aliphatic hydroxyl groups excluding tert-OH is 1. The van der Waals surface area contributed by atoms with Crippen LogP contribution < -0.4 is 10.2 Å². The lowest BCUT2D eigenvalue weighted by Gasteiger charge is -2.32. The van der Waals surface area contributed by atoms with Crippen LogP contribution in [-0.2, 0) is 23.2 Å². The summed E-state index contributed by atoms with van der Waals surface area (Å²) in [5, 5.41) is 13.4. The van der Waals surface area contributed by atoms with Gasteiger partial charge in [-0.15, -0.1) is 0 Å². The molecule has 1 fully saturated rings. The molecule has 0 spiro atoms. The van der Waals surface area contributed by atoms with E-state index in [4.69, 9.17) is 4.98 Å². The number of fused-ring (bicyclic) bond motifs is 1. The average molecular weight is 441 g/mol. The normalized spacial score (nSPS) is 22.9. The number of nitrogens with one attached hydrogen (secondary N) is 1. The molecule has 0 radical (unpaired) electrons. The maximum atomic E-state index is 13.6. The summed E-state index contributed by atoms with van der Waals surface area (Å²) in [6, 6.07) is 2.38. The van der Waals surface area contributed by atoms with Crippen molar-refractivity contribution < 1.29 is 14.3 Å². The molecule has 1 aromatic rings. The van der Waals surface area contributed by atoms with E-state index < -0.39 is 0 Å². The summed E-state index contributed by atoms with van der Waals surface area (Å²) in [6.45, 7) is 9.70. The van der Waals surface area contributed by atoms with E-state index in [1.807, 2.05) is 17.0 Å². The first-order chi connectivity index (χ1) is 15.3. The zero-order valence-electron chi connectivity index (χ0n) is 19.2. The Hall–Kier alpha value is -2.35. The Bertz CT molecular complexity index is 982. The highest BCUT2D eigenvalue weighted by molar-refractivity contribution is 5.97. The maximum absolute atomic E-state index is 13.6. The fourth-order valence-electron chi connectivity index (χ4n) is 4.78. The Labute approximate surface area is 189 Å². The number of hydrogen-bond acceptors (Lipinski definition) is 5. The molecule has 1 aliphatic carbocycles. The van der Waals surface area contributed by atoms with Crippen molar-refractivity contribution in [3.8, 4) is 0 Å². The highest BCUT2D eigenvalue weighted by Crippen LogP contribution is 2.40. The Kier molecular flexibility index (Phi) is 6.60. The maximum Gasteiger partial charge on any atom is 0.241 e. The first kappa shape index (κ1) is 22.8. The van der Waals surface area contributed by atoms with E-state index in [9.17, 15) is 14.3 Å². The highest BCUT2D eigenvalue weighted by Gasteiger charge is 2.40. The van der Waals surface area contributed by atoms with Gasteiger partial charge in [0.25, 0.3) is 0 Å². The molecular weight excluding hydrogens is 407 g/mol. The molecule has 0 saturated carbocycles. The van der Waals surface area contributed by atoms with Crippen molar-refractivity contribution >= 4 is 11.6 Å². The zero-order chi connectivity index (χ0) is 22.9. The standard InChI is InChI=1S/C25H33FN4O2/c1-17-13-29(10-9-27-17)14-23(32)30-16-25(2,3)24-22(30)12-19(21(15-31)28-24)11-18-5-4-6-20(26)8-7-18/h5-8,12,17,27,31H,4,9-11,13-16H2,1-3H3/t17-/m1/s1. The van der Waals surface area contributed by atoms with Crippen LogP contribution in [0.2, 0.25) is 0 Å². The number of pyridine rings is 1. The summed E-state index contributed by atoms with van der Waals surface area (Å²) in [5.41, 5.74) is 3.85. The monoisotopic (exact) mass is 440 g/mol. The summed E-state index contributed by atoms with van der Waals surface area (Å²) in [4.78, 5) is 22.2. The molecule has 32 heavy (non-hydrogen) atoms. The molecular formula is C25H33FN4O2. The number of carbonyl (C=O) groups excluding carboxylic acids is 1. The van der Waals surface area contributed by atoms with E-state index in [1.54, 1.807) is 6.08 Å². The van der Waals surface area contributed by atoms with Crippen molar-refractivity contribution in [3.63, 3.8) is 0 Å². The third-order valence-electron chi connectivity index (χ3n) is 6.46. The highest BCUT2D eigenvalue weighted by atomic mass is 19.1. The van der Waals surface area contributed by atoms with Gasteiger partial charge >= 0.3 is 0 Å². The van der Waals surface area contributed by atoms with Gasteiger partial charge in [-0.1, -0.05) is 26.0 Å². The Morgan fingerprint density at radius 2 is 2.16 bits per heavy atom. The molecule has 2 N–H and O–H groups in total. The van der Waals surface area contributed by atoms with Gasteiger partial charge in [0.1, 0.15) is 5.83 Å². The van der Waals surface area contributed by atoms with Gasteiger partial charge < -0.3 is 15.3 Å². The zero-order valence-corrected chi connectivity index (χ0v) is 19.2.